The summed E-state index contributed by atoms with van der Waals surface area (Å²) < 4.78 is 23.1. The minimum atomic E-state index is -0.658. The summed E-state index contributed by atoms with van der Waals surface area (Å²) in [4.78, 5) is 35.3. The number of aromatic nitrogens is 1. The van der Waals surface area contributed by atoms with E-state index in [1.807, 2.05) is 23.4 Å². The van der Waals surface area contributed by atoms with Crippen molar-refractivity contribution in [1.82, 2.24) is 14.9 Å². The van der Waals surface area contributed by atoms with Crippen LogP contribution in [-0.2, 0) is 4.84 Å². The van der Waals surface area contributed by atoms with E-state index in [1.165, 1.54) is 12.3 Å². The summed E-state index contributed by atoms with van der Waals surface area (Å²) in [6.45, 7) is 10.6. The highest BCUT2D eigenvalue weighted by molar-refractivity contribution is 5.99. The van der Waals surface area contributed by atoms with Gasteiger partial charge in [0.05, 0.1) is 22.5 Å². The molecule has 4 rings (SSSR count). The van der Waals surface area contributed by atoms with E-state index in [4.69, 9.17) is 9.57 Å². The second-order valence-corrected chi connectivity index (χ2v) is 9.31. The molecule has 1 aromatic heterocycles. The minimum Gasteiger partial charge on any atom is -0.487 e. The van der Waals surface area contributed by atoms with E-state index in [0.29, 0.717) is 36.6 Å². The largest absolute Gasteiger partial charge is 0.487 e. The Balaban J connectivity index is 1.85. The molecule has 0 unspecified atom stereocenters. The van der Waals surface area contributed by atoms with Gasteiger partial charge >= 0.3 is 0 Å². The van der Waals surface area contributed by atoms with Crippen molar-refractivity contribution in [3.05, 3.63) is 33.9 Å². The van der Waals surface area contributed by atoms with Crippen LogP contribution in [-0.4, -0.2) is 60.8 Å². The molecule has 0 bridgehead atoms. The van der Waals surface area contributed by atoms with Crippen molar-refractivity contribution in [1.29, 1.82) is 0 Å². The molecule has 1 aromatic carbocycles. The number of carbonyl (C=O) groups excluding carboxylic acids is 1. The van der Waals surface area contributed by atoms with Crippen LogP contribution in [0, 0.1) is 5.82 Å². The van der Waals surface area contributed by atoms with Gasteiger partial charge < -0.3 is 19.1 Å². The van der Waals surface area contributed by atoms with Gasteiger partial charge in [-0.05, 0) is 40.8 Å². The molecule has 0 radical (unpaired) electrons. The predicted octanol–water partition coefficient (Wildman–Crippen LogP) is 2.31. The topological polar surface area (TPSA) is 76.0 Å². The fourth-order valence-corrected chi connectivity index (χ4v) is 3.95. The van der Waals surface area contributed by atoms with Gasteiger partial charge in [0.25, 0.3) is 5.91 Å². The van der Waals surface area contributed by atoms with Crippen molar-refractivity contribution in [3.8, 4) is 5.75 Å². The molecular weight excluding hydrogens is 403 g/mol. The molecule has 1 saturated heterocycles. The highest BCUT2D eigenvalue weighted by Crippen LogP contribution is 2.42. The molecule has 3 heterocycles. The van der Waals surface area contributed by atoms with Crippen LogP contribution >= 0.6 is 0 Å². The van der Waals surface area contributed by atoms with E-state index in [1.54, 1.807) is 20.8 Å². The third kappa shape index (κ3) is 3.99. The lowest BCUT2D eigenvalue weighted by atomic mass is 10.0. The Morgan fingerprint density at radius 2 is 1.94 bits per heavy atom. The molecule has 2 aliphatic rings. The van der Waals surface area contributed by atoms with Crippen LogP contribution in [0.4, 0.5) is 10.1 Å². The van der Waals surface area contributed by atoms with Gasteiger partial charge in [-0.15, -0.1) is 0 Å². The lowest BCUT2D eigenvalue weighted by Crippen LogP contribution is -2.45. The van der Waals surface area contributed by atoms with E-state index in [0.717, 1.165) is 13.1 Å². The highest BCUT2D eigenvalue weighted by atomic mass is 19.1. The fraction of sp³-hybridized carbons (Fsp3) is 0.545. The third-order valence-electron chi connectivity index (χ3n) is 5.66. The smallest absolute Gasteiger partial charge is 0.280 e. The lowest BCUT2D eigenvalue weighted by Gasteiger charge is -2.37. The molecular formula is C22H29FN4O4. The first-order valence-electron chi connectivity index (χ1n) is 10.5. The second-order valence-electron chi connectivity index (χ2n) is 9.31. The zero-order chi connectivity index (χ0) is 22.5. The molecule has 0 aliphatic carbocycles. The molecule has 9 heteroatoms. The predicted molar refractivity (Wildman–Crippen MR) is 116 cm³/mol. The third-order valence-corrected chi connectivity index (χ3v) is 5.66. The number of ether oxygens (including phenoxy) is 1. The SMILES string of the molecule is C[C@H]1COc2c(N3CCN(C)CC3)c(F)cc3c(=O)c(C(=O)NOC(C)(C)C)cn1c23. The molecule has 8 nitrogen and oxygen atoms in total. The molecule has 1 N–H and O–H groups in total. The molecule has 1 atom stereocenters. The van der Waals surface area contributed by atoms with Crippen LogP contribution < -0.4 is 20.5 Å². The minimum absolute atomic E-state index is 0.0943. The van der Waals surface area contributed by atoms with Crippen LogP contribution in [0.1, 0.15) is 44.1 Å². The quantitative estimate of drug-likeness (QED) is 0.751. The average Bonchev–Trinajstić information content (AvgIpc) is 2.70. The number of benzene rings is 1. The van der Waals surface area contributed by atoms with E-state index in [9.17, 15) is 9.59 Å². The average molecular weight is 432 g/mol. The van der Waals surface area contributed by atoms with Gasteiger partial charge in [-0.3, -0.25) is 14.4 Å². The maximum atomic E-state index is 15.3. The summed E-state index contributed by atoms with van der Waals surface area (Å²) in [6, 6.07) is 1.10. The van der Waals surface area contributed by atoms with Crippen molar-refractivity contribution < 1.29 is 18.8 Å². The van der Waals surface area contributed by atoms with Gasteiger partial charge in [0.1, 0.15) is 17.9 Å². The van der Waals surface area contributed by atoms with Crippen LogP contribution in [0.2, 0.25) is 0 Å². The molecule has 2 aliphatic heterocycles. The Morgan fingerprint density at radius 1 is 1.26 bits per heavy atom. The maximum Gasteiger partial charge on any atom is 0.280 e. The van der Waals surface area contributed by atoms with Crippen molar-refractivity contribution in [2.75, 3.05) is 44.7 Å². The Kier molecular flexibility index (Phi) is 5.43. The molecule has 0 saturated carbocycles. The van der Waals surface area contributed by atoms with Gasteiger partial charge in [0.2, 0.25) is 5.43 Å². The Morgan fingerprint density at radius 3 is 2.58 bits per heavy atom. The summed E-state index contributed by atoms with van der Waals surface area (Å²) in [7, 11) is 2.03. The van der Waals surface area contributed by atoms with Gasteiger partial charge in [-0.25, -0.2) is 9.87 Å². The molecule has 2 aromatic rings. The number of anilines is 1. The number of amides is 1. The Labute approximate surface area is 180 Å². The van der Waals surface area contributed by atoms with E-state index >= 15 is 4.39 Å². The number of hydrogen-bond donors (Lipinski definition) is 1. The highest BCUT2D eigenvalue weighted by Gasteiger charge is 2.31. The number of nitrogens with one attached hydrogen (secondary N) is 1. The number of hydrogen-bond acceptors (Lipinski definition) is 6. The normalized spacial score (nSPS) is 19.4. The summed E-state index contributed by atoms with van der Waals surface area (Å²) in [6.07, 6.45) is 1.52. The molecule has 1 amide bonds. The summed E-state index contributed by atoms with van der Waals surface area (Å²) in [5, 5.41) is 0.125. The Hall–Kier alpha value is -2.65. The number of pyridine rings is 1. The number of hydroxylamine groups is 1. The zero-order valence-corrected chi connectivity index (χ0v) is 18.6. The number of nitrogens with zero attached hydrogens (tertiary/aromatic N) is 3. The summed E-state index contributed by atoms with van der Waals surface area (Å²) in [5.41, 5.74) is 1.98. The maximum absolute atomic E-state index is 15.3. The van der Waals surface area contributed by atoms with E-state index < -0.39 is 22.8 Å². The summed E-state index contributed by atoms with van der Waals surface area (Å²) >= 11 is 0. The molecule has 1 fully saturated rings. The van der Waals surface area contributed by atoms with Crippen LogP contribution in [0.3, 0.4) is 0 Å². The Bertz CT molecular complexity index is 1080. The number of likely N-dealkylation sites (N-methyl/N-ethyl adjacent to an activating group) is 1. The van der Waals surface area contributed by atoms with E-state index in [2.05, 4.69) is 10.4 Å². The lowest BCUT2D eigenvalue weighted by molar-refractivity contribution is -0.0590. The van der Waals surface area contributed by atoms with Crippen molar-refractivity contribution >= 4 is 22.5 Å². The molecule has 168 valence electrons. The first-order valence-corrected chi connectivity index (χ1v) is 10.5. The van der Waals surface area contributed by atoms with Crippen LogP contribution in [0.15, 0.2) is 17.1 Å². The van der Waals surface area contributed by atoms with Crippen molar-refractivity contribution in [2.45, 2.75) is 39.3 Å². The monoisotopic (exact) mass is 432 g/mol. The first kappa shape index (κ1) is 21.6. The second kappa shape index (κ2) is 7.80. The zero-order valence-electron chi connectivity index (χ0n) is 18.6. The van der Waals surface area contributed by atoms with Gasteiger partial charge in [0, 0.05) is 32.4 Å². The first-order chi connectivity index (χ1) is 14.6. The van der Waals surface area contributed by atoms with Crippen molar-refractivity contribution in [2.24, 2.45) is 0 Å². The van der Waals surface area contributed by atoms with E-state index in [-0.39, 0.29) is 17.0 Å². The van der Waals surface area contributed by atoms with Crippen LogP contribution in [0.5, 0.6) is 5.75 Å². The molecule has 0 spiro atoms. The number of halogens is 1. The number of piperazine rings is 1. The van der Waals surface area contributed by atoms with Crippen molar-refractivity contribution in [3.63, 3.8) is 0 Å². The number of carbonyl (C=O) groups is 1. The van der Waals surface area contributed by atoms with Gasteiger partial charge in [-0.2, -0.15) is 0 Å². The standard InChI is InChI=1S/C22H29FN4O4/c1-13-12-30-20-17-14(10-16(23)18(20)26-8-6-25(5)7-9-26)19(28)15(11-27(13)17)21(29)24-31-22(2,3)4/h10-11,13H,6-9,12H2,1-5H3,(H,24,29)/t13-/m0/s1. The summed E-state index contributed by atoms with van der Waals surface area (Å²) in [5.74, 6) is -0.809. The fourth-order valence-electron chi connectivity index (χ4n) is 3.95. The molecule has 31 heavy (non-hydrogen) atoms. The van der Waals surface area contributed by atoms with Crippen LogP contribution in [0.25, 0.3) is 10.9 Å². The van der Waals surface area contributed by atoms with Gasteiger partial charge in [0.15, 0.2) is 11.6 Å². The van der Waals surface area contributed by atoms with Gasteiger partial charge in [-0.1, -0.05) is 0 Å². The number of rotatable bonds is 3.